The van der Waals surface area contributed by atoms with Crippen molar-refractivity contribution in [1.82, 2.24) is 0 Å². The summed E-state index contributed by atoms with van der Waals surface area (Å²) in [5, 5.41) is 0. The Balaban J connectivity index is 4.46. The normalized spacial score (nSPS) is 11.9. The maximum atomic E-state index is 11.5. The number of nitrogens with zero attached hydrogens (tertiary/aromatic N) is 2. The van der Waals surface area contributed by atoms with Crippen molar-refractivity contribution in [3.8, 4) is 12.3 Å². The van der Waals surface area contributed by atoms with Crippen LogP contribution in [0.15, 0.2) is 22.1 Å². The Kier molecular flexibility index (Phi) is 7.95. The van der Waals surface area contributed by atoms with Gasteiger partial charge in [-0.25, -0.2) is 14.8 Å². The molecule has 0 aromatic rings. The van der Waals surface area contributed by atoms with Crippen LogP contribution in [-0.2, 0) is 14.3 Å². The van der Waals surface area contributed by atoms with E-state index in [0.717, 1.165) is 0 Å². The lowest BCUT2D eigenvalue weighted by atomic mass is 10.2. The molecule has 0 radical (unpaired) electrons. The molecule has 0 atom stereocenters. The lowest BCUT2D eigenvalue weighted by molar-refractivity contribution is -0.136. The van der Waals surface area contributed by atoms with Crippen molar-refractivity contribution in [2.75, 3.05) is 13.2 Å². The number of terminal acetylenes is 1. The monoisotopic (exact) mass is 250 g/mol. The van der Waals surface area contributed by atoms with Crippen molar-refractivity contribution in [2.45, 2.75) is 20.8 Å². The van der Waals surface area contributed by atoms with Crippen LogP contribution in [-0.4, -0.2) is 31.6 Å². The summed E-state index contributed by atoms with van der Waals surface area (Å²) in [7, 11) is 0. The lowest BCUT2D eigenvalue weighted by Crippen LogP contribution is -2.17. The highest BCUT2D eigenvalue weighted by Gasteiger charge is 2.07. The molecule has 0 rings (SSSR count). The molecule has 5 nitrogen and oxygen atoms in total. The quantitative estimate of drug-likeness (QED) is 0.299. The standard InChI is InChI=1S/C13H18N2O3/c1-6-7-17-12(14-5)8-15-11(4)13(16)18-9-10(2)3/h1,8,10H,5,7,9H2,2-4H3/b12-8+,15-11+. The van der Waals surface area contributed by atoms with E-state index in [0.29, 0.717) is 6.61 Å². The number of ether oxygens (including phenoxy) is 2. The maximum absolute atomic E-state index is 11.5. The Hall–Kier alpha value is -2.09. The molecule has 0 aliphatic rings. The Labute approximate surface area is 108 Å². The molecule has 5 heteroatoms. The van der Waals surface area contributed by atoms with Crippen LogP contribution in [0.2, 0.25) is 0 Å². The summed E-state index contributed by atoms with van der Waals surface area (Å²) in [6, 6.07) is 0. The maximum Gasteiger partial charge on any atom is 0.352 e. The van der Waals surface area contributed by atoms with Crippen LogP contribution in [0, 0.1) is 18.3 Å². The second-order valence-electron chi connectivity index (χ2n) is 3.83. The summed E-state index contributed by atoms with van der Waals surface area (Å²) in [6.07, 6.45) is 6.30. The molecular weight excluding hydrogens is 232 g/mol. The molecule has 0 bridgehead atoms. The van der Waals surface area contributed by atoms with E-state index < -0.39 is 5.97 Å². The SMILES string of the molecule is C#CCO/C(=C/N=C(\C)C(=O)OCC(C)C)N=C. The average Bonchev–Trinajstić information content (AvgIpc) is 2.35. The van der Waals surface area contributed by atoms with E-state index in [4.69, 9.17) is 15.9 Å². The second-order valence-corrected chi connectivity index (χ2v) is 3.83. The third kappa shape index (κ3) is 7.23. The van der Waals surface area contributed by atoms with Gasteiger partial charge in [0.25, 0.3) is 0 Å². The van der Waals surface area contributed by atoms with Gasteiger partial charge in [-0.15, -0.1) is 6.42 Å². The first-order chi connectivity index (χ1) is 8.51. The van der Waals surface area contributed by atoms with Crippen LogP contribution in [0.25, 0.3) is 0 Å². The number of esters is 1. The zero-order valence-corrected chi connectivity index (χ0v) is 11.0. The number of aliphatic imine (C=N–C) groups is 2. The Morgan fingerprint density at radius 1 is 1.50 bits per heavy atom. The van der Waals surface area contributed by atoms with Gasteiger partial charge in [-0.1, -0.05) is 19.8 Å². The zero-order valence-electron chi connectivity index (χ0n) is 11.0. The minimum atomic E-state index is -0.472. The molecule has 0 fully saturated rings. The molecule has 18 heavy (non-hydrogen) atoms. The van der Waals surface area contributed by atoms with E-state index in [1.165, 1.54) is 6.20 Å². The van der Waals surface area contributed by atoms with Gasteiger partial charge in [0.1, 0.15) is 5.71 Å². The fraction of sp³-hybridized carbons (Fsp3) is 0.462. The highest BCUT2D eigenvalue weighted by atomic mass is 16.5. The van der Waals surface area contributed by atoms with Gasteiger partial charge in [0.15, 0.2) is 6.61 Å². The fourth-order valence-corrected chi connectivity index (χ4v) is 0.791. The van der Waals surface area contributed by atoms with Gasteiger partial charge in [0.2, 0.25) is 5.88 Å². The first-order valence-corrected chi connectivity index (χ1v) is 5.46. The van der Waals surface area contributed by atoms with Crippen LogP contribution >= 0.6 is 0 Å². The van der Waals surface area contributed by atoms with Crippen molar-refractivity contribution in [3.63, 3.8) is 0 Å². The summed E-state index contributed by atoms with van der Waals surface area (Å²) < 4.78 is 10.00. The highest BCUT2D eigenvalue weighted by Crippen LogP contribution is 1.99. The number of carbonyl (C=O) groups excluding carboxylic acids is 1. The number of carbonyl (C=O) groups is 1. The topological polar surface area (TPSA) is 60.2 Å². The third-order valence-corrected chi connectivity index (χ3v) is 1.67. The number of rotatable bonds is 7. The molecule has 0 aliphatic heterocycles. The molecule has 0 spiro atoms. The van der Waals surface area contributed by atoms with Gasteiger partial charge >= 0.3 is 5.97 Å². The minimum Gasteiger partial charge on any atom is -0.463 e. The van der Waals surface area contributed by atoms with Crippen molar-refractivity contribution in [1.29, 1.82) is 0 Å². The highest BCUT2D eigenvalue weighted by molar-refractivity contribution is 6.35. The van der Waals surface area contributed by atoms with Crippen molar-refractivity contribution in [2.24, 2.45) is 15.9 Å². The van der Waals surface area contributed by atoms with Gasteiger partial charge in [-0.3, -0.25) is 0 Å². The van der Waals surface area contributed by atoms with Crippen molar-refractivity contribution < 1.29 is 14.3 Å². The van der Waals surface area contributed by atoms with E-state index >= 15 is 0 Å². The van der Waals surface area contributed by atoms with Crippen LogP contribution in [0.5, 0.6) is 0 Å². The summed E-state index contributed by atoms with van der Waals surface area (Å²) in [5.74, 6) is 2.25. The summed E-state index contributed by atoms with van der Waals surface area (Å²) >= 11 is 0. The van der Waals surface area contributed by atoms with Gasteiger partial charge in [-0.05, 0) is 19.6 Å². The van der Waals surface area contributed by atoms with Crippen molar-refractivity contribution in [3.05, 3.63) is 12.1 Å². The van der Waals surface area contributed by atoms with Gasteiger partial charge < -0.3 is 9.47 Å². The fourth-order valence-electron chi connectivity index (χ4n) is 0.791. The van der Waals surface area contributed by atoms with Gasteiger partial charge in [-0.2, -0.15) is 0 Å². The van der Waals surface area contributed by atoms with Crippen LogP contribution in [0.3, 0.4) is 0 Å². The van der Waals surface area contributed by atoms with E-state index in [2.05, 4.69) is 22.6 Å². The van der Waals surface area contributed by atoms with Gasteiger partial charge in [0.05, 0.1) is 12.8 Å². The molecule has 0 saturated heterocycles. The first-order valence-electron chi connectivity index (χ1n) is 5.46. The van der Waals surface area contributed by atoms with E-state index in [1.807, 2.05) is 13.8 Å². The molecule has 0 unspecified atom stereocenters. The van der Waals surface area contributed by atoms with E-state index in [1.54, 1.807) is 6.92 Å². The summed E-state index contributed by atoms with van der Waals surface area (Å²) in [4.78, 5) is 18.9. The summed E-state index contributed by atoms with van der Waals surface area (Å²) in [6.45, 7) is 9.17. The van der Waals surface area contributed by atoms with Crippen LogP contribution < -0.4 is 0 Å². The van der Waals surface area contributed by atoms with Crippen LogP contribution in [0.1, 0.15) is 20.8 Å². The van der Waals surface area contributed by atoms with Crippen LogP contribution in [0.4, 0.5) is 0 Å². The minimum absolute atomic E-state index is 0.0667. The van der Waals surface area contributed by atoms with E-state index in [9.17, 15) is 4.79 Å². The molecule has 0 saturated carbocycles. The lowest BCUT2D eigenvalue weighted by Gasteiger charge is -2.06. The molecule has 0 aliphatic carbocycles. The zero-order chi connectivity index (χ0) is 14.0. The molecule has 0 amide bonds. The average molecular weight is 250 g/mol. The largest absolute Gasteiger partial charge is 0.463 e. The third-order valence-electron chi connectivity index (χ3n) is 1.67. The second kappa shape index (κ2) is 8.99. The predicted molar refractivity (Wildman–Crippen MR) is 71.3 cm³/mol. The molecule has 0 aromatic heterocycles. The number of hydrogen-bond acceptors (Lipinski definition) is 5. The van der Waals surface area contributed by atoms with E-state index in [-0.39, 0.29) is 24.1 Å². The predicted octanol–water partition coefficient (Wildman–Crippen LogP) is 1.80. The Morgan fingerprint density at radius 2 is 2.17 bits per heavy atom. The molecule has 0 aromatic carbocycles. The number of hydrogen-bond donors (Lipinski definition) is 0. The molecule has 0 N–H and O–H groups in total. The molecule has 0 heterocycles. The smallest absolute Gasteiger partial charge is 0.352 e. The summed E-state index contributed by atoms with van der Waals surface area (Å²) in [5.41, 5.74) is 0.209. The van der Waals surface area contributed by atoms with Crippen molar-refractivity contribution >= 4 is 18.4 Å². The Bertz CT molecular complexity index is 390. The van der Waals surface area contributed by atoms with Gasteiger partial charge in [0, 0.05) is 0 Å². The molecule has 98 valence electrons. The first kappa shape index (κ1) is 15.9. The molecular formula is C13H18N2O3. The Morgan fingerprint density at radius 3 is 2.67 bits per heavy atom.